The molecule has 0 heterocycles. The van der Waals surface area contributed by atoms with Crippen molar-refractivity contribution in [3.8, 4) is 5.75 Å². The maximum Gasteiger partial charge on any atom is 0.118 e. The Kier molecular flexibility index (Phi) is 5.46. The predicted molar refractivity (Wildman–Crippen MR) is 78.5 cm³/mol. The Hall–Kier alpha value is -1.28. The molecule has 2 rings (SSSR count). The van der Waals surface area contributed by atoms with Gasteiger partial charge in [-0.15, -0.1) is 0 Å². The van der Waals surface area contributed by atoms with E-state index in [0.717, 1.165) is 24.2 Å². The molecule has 1 atom stereocenters. The monoisotopic (exact) mass is 260 g/mol. The van der Waals surface area contributed by atoms with Crippen LogP contribution in [0.1, 0.15) is 44.1 Å². The first kappa shape index (κ1) is 14.1. The molecule has 2 heteroatoms. The minimum atomic E-state index is -0.327. The smallest absolute Gasteiger partial charge is 0.118 e. The summed E-state index contributed by atoms with van der Waals surface area (Å²) in [5.74, 6) is 0.864. The molecule has 0 bridgehead atoms. The molecule has 0 radical (unpaired) electrons. The van der Waals surface area contributed by atoms with E-state index in [1.165, 1.54) is 31.3 Å². The predicted octanol–water partition coefficient (Wildman–Crippen LogP) is 3.88. The normalized spacial score (nSPS) is 20.8. The van der Waals surface area contributed by atoms with Crippen molar-refractivity contribution >= 4 is 0 Å². The zero-order valence-electron chi connectivity index (χ0n) is 11.8. The number of aliphatic hydroxyl groups excluding tert-OH is 1. The average molecular weight is 260 g/mol. The molecule has 0 saturated carbocycles. The Morgan fingerprint density at radius 3 is 2.58 bits per heavy atom. The van der Waals surface area contributed by atoms with Crippen molar-refractivity contribution in [3.05, 3.63) is 41.5 Å². The zero-order valence-corrected chi connectivity index (χ0v) is 11.8. The van der Waals surface area contributed by atoms with Gasteiger partial charge in [0.15, 0.2) is 0 Å². The molecule has 2 nitrogen and oxygen atoms in total. The minimum Gasteiger partial charge on any atom is -0.497 e. The van der Waals surface area contributed by atoms with Crippen LogP contribution in [-0.4, -0.2) is 18.3 Å². The third-order valence-electron chi connectivity index (χ3n) is 3.84. The fourth-order valence-electron chi connectivity index (χ4n) is 2.64. The largest absolute Gasteiger partial charge is 0.497 e. The van der Waals surface area contributed by atoms with Crippen LogP contribution >= 0.6 is 0 Å². The molecule has 0 saturated heterocycles. The van der Waals surface area contributed by atoms with Crippen molar-refractivity contribution in [2.24, 2.45) is 0 Å². The number of benzene rings is 1. The minimum absolute atomic E-state index is 0.327. The van der Waals surface area contributed by atoms with Crippen LogP contribution in [-0.2, 0) is 6.42 Å². The molecule has 0 fully saturated rings. The SMILES string of the molecule is COc1ccc(CC(O)/C2=C/CCCCCC2)cc1. The summed E-state index contributed by atoms with van der Waals surface area (Å²) in [5.41, 5.74) is 2.40. The summed E-state index contributed by atoms with van der Waals surface area (Å²) in [5, 5.41) is 10.4. The first-order chi connectivity index (χ1) is 9.29. The summed E-state index contributed by atoms with van der Waals surface area (Å²) in [6, 6.07) is 7.97. The molecule has 1 aliphatic rings. The topological polar surface area (TPSA) is 29.5 Å². The van der Waals surface area contributed by atoms with Gasteiger partial charge < -0.3 is 9.84 Å². The number of aliphatic hydroxyl groups is 1. The van der Waals surface area contributed by atoms with Crippen molar-refractivity contribution < 1.29 is 9.84 Å². The van der Waals surface area contributed by atoms with Crippen molar-refractivity contribution in [1.82, 2.24) is 0 Å². The molecule has 0 amide bonds. The van der Waals surface area contributed by atoms with E-state index in [9.17, 15) is 5.11 Å². The summed E-state index contributed by atoms with van der Waals surface area (Å²) in [6.07, 6.45) is 9.91. The van der Waals surface area contributed by atoms with Gasteiger partial charge in [0.2, 0.25) is 0 Å². The second kappa shape index (κ2) is 7.34. The number of ether oxygens (including phenoxy) is 1. The highest BCUT2D eigenvalue weighted by Crippen LogP contribution is 2.22. The lowest BCUT2D eigenvalue weighted by molar-refractivity contribution is 0.205. The van der Waals surface area contributed by atoms with E-state index < -0.39 is 0 Å². The highest BCUT2D eigenvalue weighted by atomic mass is 16.5. The highest BCUT2D eigenvalue weighted by Gasteiger charge is 2.12. The number of hydrogen-bond donors (Lipinski definition) is 1. The van der Waals surface area contributed by atoms with Crippen LogP contribution in [0.2, 0.25) is 0 Å². The van der Waals surface area contributed by atoms with Gasteiger partial charge in [-0.25, -0.2) is 0 Å². The third-order valence-corrected chi connectivity index (χ3v) is 3.84. The highest BCUT2D eigenvalue weighted by molar-refractivity contribution is 5.28. The fraction of sp³-hybridized carbons (Fsp3) is 0.529. The first-order valence-corrected chi connectivity index (χ1v) is 7.29. The third kappa shape index (κ3) is 4.39. The molecule has 0 aromatic heterocycles. The number of methoxy groups -OCH3 is 1. The van der Waals surface area contributed by atoms with E-state index in [2.05, 4.69) is 6.08 Å². The maximum atomic E-state index is 10.4. The van der Waals surface area contributed by atoms with Gasteiger partial charge in [-0.3, -0.25) is 0 Å². The van der Waals surface area contributed by atoms with Crippen LogP contribution in [0, 0.1) is 0 Å². The lowest BCUT2D eigenvalue weighted by Gasteiger charge is -2.17. The average Bonchev–Trinajstić information content (AvgIpc) is 2.39. The van der Waals surface area contributed by atoms with Crippen LogP contribution in [0.4, 0.5) is 0 Å². The molecular formula is C17H24O2. The fourth-order valence-corrected chi connectivity index (χ4v) is 2.64. The van der Waals surface area contributed by atoms with E-state index in [0.29, 0.717) is 6.42 Å². The Labute approximate surface area is 116 Å². The summed E-state index contributed by atoms with van der Waals surface area (Å²) in [7, 11) is 1.67. The number of rotatable bonds is 4. The lowest BCUT2D eigenvalue weighted by atomic mass is 9.93. The van der Waals surface area contributed by atoms with Crippen LogP contribution in [0.5, 0.6) is 5.75 Å². The van der Waals surface area contributed by atoms with Crippen molar-refractivity contribution in [3.63, 3.8) is 0 Å². The Bertz CT molecular complexity index is 406. The summed E-state index contributed by atoms with van der Waals surface area (Å²) in [4.78, 5) is 0. The van der Waals surface area contributed by atoms with Crippen LogP contribution in [0.25, 0.3) is 0 Å². The molecular weight excluding hydrogens is 236 g/mol. The standard InChI is InChI=1S/C17H24O2/c1-19-16-11-9-14(10-12-16)13-17(18)15-7-5-3-2-4-6-8-15/h7,9-12,17-18H,2-6,8,13H2,1H3/b15-7+. The van der Waals surface area contributed by atoms with Gasteiger partial charge in [-0.2, -0.15) is 0 Å². The molecule has 1 aliphatic carbocycles. The van der Waals surface area contributed by atoms with Crippen LogP contribution < -0.4 is 4.74 Å². The molecule has 104 valence electrons. The van der Waals surface area contributed by atoms with Crippen molar-refractivity contribution in [2.75, 3.05) is 7.11 Å². The van der Waals surface area contributed by atoms with Gasteiger partial charge >= 0.3 is 0 Å². The van der Waals surface area contributed by atoms with E-state index in [1.807, 2.05) is 24.3 Å². The second-order valence-corrected chi connectivity index (χ2v) is 5.30. The Morgan fingerprint density at radius 1 is 1.11 bits per heavy atom. The van der Waals surface area contributed by atoms with Gasteiger partial charge in [-0.1, -0.05) is 31.1 Å². The van der Waals surface area contributed by atoms with E-state index in [-0.39, 0.29) is 6.10 Å². The van der Waals surface area contributed by atoms with Crippen molar-refractivity contribution in [2.45, 2.75) is 51.0 Å². The number of hydrogen-bond acceptors (Lipinski definition) is 2. The van der Waals surface area contributed by atoms with Gasteiger partial charge in [0.05, 0.1) is 13.2 Å². The van der Waals surface area contributed by atoms with E-state index in [1.54, 1.807) is 7.11 Å². The molecule has 0 spiro atoms. The van der Waals surface area contributed by atoms with E-state index >= 15 is 0 Å². The molecule has 1 aromatic carbocycles. The van der Waals surface area contributed by atoms with E-state index in [4.69, 9.17) is 4.74 Å². The molecule has 0 aliphatic heterocycles. The number of allylic oxidation sites excluding steroid dienone is 1. The Morgan fingerprint density at radius 2 is 1.84 bits per heavy atom. The van der Waals surface area contributed by atoms with Gasteiger partial charge in [0.1, 0.15) is 5.75 Å². The van der Waals surface area contributed by atoms with Gasteiger partial charge in [0.25, 0.3) is 0 Å². The second-order valence-electron chi connectivity index (χ2n) is 5.30. The first-order valence-electron chi connectivity index (χ1n) is 7.29. The zero-order chi connectivity index (χ0) is 13.5. The molecule has 19 heavy (non-hydrogen) atoms. The Balaban J connectivity index is 1.96. The molecule has 1 aromatic rings. The van der Waals surface area contributed by atoms with Crippen LogP contribution in [0.3, 0.4) is 0 Å². The van der Waals surface area contributed by atoms with Crippen molar-refractivity contribution in [1.29, 1.82) is 0 Å². The summed E-state index contributed by atoms with van der Waals surface area (Å²) < 4.78 is 5.15. The molecule has 1 unspecified atom stereocenters. The quantitative estimate of drug-likeness (QED) is 0.832. The van der Waals surface area contributed by atoms with Gasteiger partial charge in [-0.05, 0) is 49.0 Å². The summed E-state index contributed by atoms with van der Waals surface area (Å²) >= 11 is 0. The van der Waals surface area contributed by atoms with Crippen LogP contribution in [0.15, 0.2) is 35.9 Å². The lowest BCUT2D eigenvalue weighted by Crippen LogP contribution is -2.14. The van der Waals surface area contributed by atoms with Gasteiger partial charge in [0, 0.05) is 6.42 Å². The maximum absolute atomic E-state index is 10.4. The summed E-state index contributed by atoms with van der Waals surface area (Å²) in [6.45, 7) is 0. The molecule has 1 N–H and O–H groups in total.